The highest BCUT2D eigenvalue weighted by atomic mass is 35.5. The number of β-amino-alcohol motifs (C(OH)–C–C–N with tert-alkyl or cyclic N) is 1. The van der Waals surface area contributed by atoms with Crippen molar-refractivity contribution in [3.63, 3.8) is 0 Å². The predicted octanol–water partition coefficient (Wildman–Crippen LogP) is 5.03. The highest BCUT2D eigenvalue weighted by molar-refractivity contribution is 6.30. The van der Waals surface area contributed by atoms with E-state index in [4.69, 9.17) is 11.6 Å². The zero-order valence-electron chi connectivity index (χ0n) is 15.6. The Hall–Kier alpha value is -3.08. The first-order chi connectivity index (χ1) is 14.2. The van der Waals surface area contributed by atoms with Crippen LogP contribution in [0, 0.1) is 0 Å². The first kappa shape index (κ1) is 18.0. The first-order valence-corrected chi connectivity index (χ1v) is 9.94. The highest BCUT2D eigenvalue weighted by Crippen LogP contribution is 2.45. The Balaban J connectivity index is 1.80. The van der Waals surface area contributed by atoms with E-state index in [0.717, 1.165) is 33.3 Å². The number of aliphatic hydroxyl groups excluding tert-OH is 1. The maximum absolute atomic E-state index is 13.1. The summed E-state index contributed by atoms with van der Waals surface area (Å²) in [6, 6.07) is 23.2. The molecule has 0 saturated carbocycles. The normalized spacial score (nSPS) is 15.9. The molecule has 0 radical (unpaired) electrons. The minimum Gasteiger partial charge on any atom is -0.395 e. The summed E-state index contributed by atoms with van der Waals surface area (Å²) in [5.74, 6) is -0.0491. The van der Waals surface area contributed by atoms with Gasteiger partial charge in [0, 0.05) is 33.6 Å². The largest absolute Gasteiger partial charge is 0.395 e. The third-order valence-corrected chi connectivity index (χ3v) is 5.80. The van der Waals surface area contributed by atoms with E-state index in [0.29, 0.717) is 10.6 Å². The van der Waals surface area contributed by atoms with Gasteiger partial charge in [0.2, 0.25) is 0 Å². The summed E-state index contributed by atoms with van der Waals surface area (Å²) in [5.41, 5.74) is 5.66. The number of para-hydroxylation sites is 1. The van der Waals surface area contributed by atoms with Crippen LogP contribution in [-0.2, 0) is 0 Å². The molecular weight excluding hydrogens is 384 g/mol. The molecule has 1 amide bonds. The van der Waals surface area contributed by atoms with Crippen molar-refractivity contribution in [3.05, 3.63) is 94.5 Å². The van der Waals surface area contributed by atoms with E-state index in [1.165, 1.54) is 0 Å². The number of aromatic amines is 1. The highest BCUT2D eigenvalue weighted by Gasteiger charge is 2.39. The molecule has 1 aromatic heterocycles. The number of rotatable bonds is 4. The Bertz CT molecular complexity index is 1210. The molecule has 3 aromatic carbocycles. The molecule has 4 aromatic rings. The minimum atomic E-state index is -0.271. The van der Waals surface area contributed by atoms with Crippen LogP contribution in [0.15, 0.2) is 72.8 Å². The number of H-pyrrole nitrogens is 1. The summed E-state index contributed by atoms with van der Waals surface area (Å²) in [4.78, 5) is 18.4. The summed E-state index contributed by atoms with van der Waals surface area (Å²) in [5, 5.41) is 11.4. The number of hydrogen-bond acceptors (Lipinski definition) is 2. The Labute approximate surface area is 173 Å². The van der Waals surface area contributed by atoms with E-state index in [1.807, 2.05) is 66.7 Å². The molecule has 0 unspecified atom stereocenters. The maximum atomic E-state index is 13.1. The van der Waals surface area contributed by atoms with E-state index in [2.05, 4.69) is 11.1 Å². The molecule has 2 N–H and O–H groups in total. The Kier molecular flexibility index (Phi) is 4.38. The summed E-state index contributed by atoms with van der Waals surface area (Å²) in [6.45, 7) is 0.187. The first-order valence-electron chi connectivity index (χ1n) is 9.56. The van der Waals surface area contributed by atoms with Gasteiger partial charge in [0.25, 0.3) is 5.91 Å². The van der Waals surface area contributed by atoms with E-state index >= 15 is 0 Å². The van der Waals surface area contributed by atoms with E-state index in [9.17, 15) is 9.90 Å². The van der Waals surface area contributed by atoms with Crippen molar-refractivity contribution in [2.75, 3.05) is 13.2 Å². The lowest BCUT2D eigenvalue weighted by Crippen LogP contribution is -2.31. The second-order valence-corrected chi connectivity index (χ2v) is 7.61. The molecule has 2 heterocycles. The second kappa shape index (κ2) is 7.07. The smallest absolute Gasteiger partial charge is 0.255 e. The zero-order valence-corrected chi connectivity index (χ0v) is 16.4. The van der Waals surface area contributed by atoms with Gasteiger partial charge in [-0.15, -0.1) is 0 Å². The molecule has 4 nitrogen and oxygen atoms in total. The average molecular weight is 403 g/mol. The number of carbonyl (C=O) groups excluding carboxylic acids is 1. The van der Waals surface area contributed by atoms with Crippen LogP contribution in [-0.4, -0.2) is 34.0 Å². The topological polar surface area (TPSA) is 56.3 Å². The number of fused-ring (bicyclic) bond motifs is 2. The van der Waals surface area contributed by atoms with Gasteiger partial charge in [0.1, 0.15) is 0 Å². The van der Waals surface area contributed by atoms with E-state index in [-0.39, 0.29) is 25.1 Å². The van der Waals surface area contributed by atoms with Crippen LogP contribution in [0.4, 0.5) is 0 Å². The molecule has 0 aliphatic carbocycles. The van der Waals surface area contributed by atoms with Gasteiger partial charge in [0.15, 0.2) is 0 Å². The van der Waals surface area contributed by atoms with Crippen LogP contribution in [0.5, 0.6) is 0 Å². The van der Waals surface area contributed by atoms with Crippen molar-refractivity contribution < 1.29 is 9.90 Å². The van der Waals surface area contributed by atoms with Crippen LogP contribution in [0.1, 0.15) is 27.5 Å². The van der Waals surface area contributed by atoms with Crippen molar-refractivity contribution in [2.24, 2.45) is 0 Å². The Morgan fingerprint density at radius 2 is 1.69 bits per heavy atom. The van der Waals surface area contributed by atoms with Crippen LogP contribution < -0.4 is 0 Å². The third-order valence-electron chi connectivity index (χ3n) is 5.55. The summed E-state index contributed by atoms with van der Waals surface area (Å²) >= 11 is 6.10. The van der Waals surface area contributed by atoms with Gasteiger partial charge >= 0.3 is 0 Å². The van der Waals surface area contributed by atoms with E-state index < -0.39 is 0 Å². The van der Waals surface area contributed by atoms with Crippen molar-refractivity contribution in [1.82, 2.24) is 9.88 Å². The van der Waals surface area contributed by atoms with Crippen LogP contribution >= 0.6 is 11.6 Å². The standard InChI is InChI=1S/C24H19ClN2O2/c25-16-11-9-15(10-12-16)22-21(19-7-3-4-8-20(19)26-22)23-17-5-1-2-6-18(17)24(29)27(23)13-14-28/h1-12,23,26,28H,13-14H2/t23-/m1/s1. The molecule has 0 fully saturated rings. The second-order valence-electron chi connectivity index (χ2n) is 7.18. The van der Waals surface area contributed by atoms with Crippen LogP contribution in [0.2, 0.25) is 5.02 Å². The molecule has 1 aliphatic rings. The zero-order chi connectivity index (χ0) is 20.0. The monoisotopic (exact) mass is 402 g/mol. The Morgan fingerprint density at radius 1 is 0.966 bits per heavy atom. The van der Waals surface area contributed by atoms with Crippen molar-refractivity contribution in [2.45, 2.75) is 6.04 Å². The predicted molar refractivity (Wildman–Crippen MR) is 115 cm³/mol. The molecule has 1 aliphatic heterocycles. The van der Waals surface area contributed by atoms with Gasteiger partial charge in [0.05, 0.1) is 18.3 Å². The van der Waals surface area contributed by atoms with Gasteiger partial charge in [-0.2, -0.15) is 0 Å². The molecular formula is C24H19ClN2O2. The molecule has 5 heteroatoms. The number of nitrogens with zero attached hydrogens (tertiary/aromatic N) is 1. The minimum absolute atomic E-state index is 0.0491. The number of benzene rings is 3. The number of aromatic nitrogens is 1. The third kappa shape index (κ3) is 2.84. The van der Waals surface area contributed by atoms with Crippen LogP contribution in [0.3, 0.4) is 0 Å². The van der Waals surface area contributed by atoms with Gasteiger partial charge in [-0.05, 0) is 35.4 Å². The van der Waals surface area contributed by atoms with Crippen molar-refractivity contribution >= 4 is 28.4 Å². The summed E-state index contributed by atoms with van der Waals surface area (Å²) in [6.07, 6.45) is 0. The Morgan fingerprint density at radius 3 is 2.48 bits per heavy atom. The summed E-state index contributed by atoms with van der Waals surface area (Å²) < 4.78 is 0. The maximum Gasteiger partial charge on any atom is 0.255 e. The molecule has 144 valence electrons. The number of carbonyl (C=O) groups is 1. The van der Waals surface area contributed by atoms with E-state index in [1.54, 1.807) is 4.90 Å². The number of hydrogen-bond donors (Lipinski definition) is 2. The van der Waals surface area contributed by atoms with Gasteiger partial charge in [-0.25, -0.2) is 0 Å². The number of amides is 1. The molecule has 0 saturated heterocycles. The quantitative estimate of drug-likeness (QED) is 0.503. The fourth-order valence-corrected chi connectivity index (χ4v) is 4.44. The number of aliphatic hydroxyl groups is 1. The number of nitrogens with one attached hydrogen (secondary N) is 1. The fraction of sp³-hybridized carbons (Fsp3) is 0.125. The summed E-state index contributed by atoms with van der Waals surface area (Å²) in [7, 11) is 0. The molecule has 1 atom stereocenters. The lowest BCUT2D eigenvalue weighted by Gasteiger charge is -2.26. The number of halogens is 1. The average Bonchev–Trinajstić information content (AvgIpc) is 3.25. The lowest BCUT2D eigenvalue weighted by atomic mass is 9.93. The van der Waals surface area contributed by atoms with Crippen molar-refractivity contribution in [3.8, 4) is 11.3 Å². The fourth-order valence-electron chi connectivity index (χ4n) is 4.31. The van der Waals surface area contributed by atoms with Gasteiger partial charge in [-0.1, -0.05) is 60.1 Å². The lowest BCUT2D eigenvalue weighted by molar-refractivity contribution is 0.0713. The molecule has 29 heavy (non-hydrogen) atoms. The van der Waals surface area contributed by atoms with Gasteiger partial charge in [-0.3, -0.25) is 4.79 Å². The molecule has 5 rings (SSSR count). The SMILES string of the molecule is O=C1c2ccccc2[C@H](c2c(-c3ccc(Cl)cc3)[nH]c3ccccc23)N1CCO. The molecule has 0 spiro atoms. The van der Waals surface area contributed by atoms with Crippen LogP contribution in [0.25, 0.3) is 22.2 Å². The molecule has 0 bridgehead atoms. The van der Waals surface area contributed by atoms with Gasteiger partial charge < -0.3 is 15.0 Å². The van der Waals surface area contributed by atoms with Crippen molar-refractivity contribution in [1.29, 1.82) is 0 Å².